The number of aromatic carboxylic acids is 1. The van der Waals surface area contributed by atoms with Gasteiger partial charge in [0, 0.05) is 11.8 Å². The van der Waals surface area contributed by atoms with Crippen LogP contribution in [0.5, 0.6) is 5.75 Å². The normalized spacial score (nSPS) is 10.7. The zero-order valence-electron chi connectivity index (χ0n) is 16.1. The van der Waals surface area contributed by atoms with Gasteiger partial charge in [0.15, 0.2) is 0 Å². The van der Waals surface area contributed by atoms with E-state index in [-0.39, 0.29) is 11.1 Å². The van der Waals surface area contributed by atoms with Gasteiger partial charge in [-0.2, -0.15) is 5.10 Å². The molecule has 8 nitrogen and oxygen atoms in total. The molecule has 2 N–H and O–H groups in total. The summed E-state index contributed by atoms with van der Waals surface area (Å²) in [5, 5.41) is 13.0. The summed E-state index contributed by atoms with van der Waals surface area (Å²) in [7, 11) is 1.57. The van der Waals surface area contributed by atoms with Crippen LogP contribution in [0.4, 0.5) is 0 Å². The van der Waals surface area contributed by atoms with E-state index in [4.69, 9.17) is 9.84 Å². The van der Waals surface area contributed by atoms with Gasteiger partial charge in [-0.3, -0.25) is 9.59 Å². The molecule has 0 aliphatic heterocycles. The number of carboxylic acid groups (broad SMARTS) is 1. The maximum absolute atomic E-state index is 12.7. The number of hydrogen-bond acceptors (Lipinski definition) is 5. The van der Waals surface area contributed by atoms with E-state index in [1.807, 2.05) is 12.1 Å². The van der Waals surface area contributed by atoms with Crippen molar-refractivity contribution in [3.63, 3.8) is 0 Å². The lowest BCUT2D eigenvalue weighted by molar-refractivity contribution is 0.0696. The van der Waals surface area contributed by atoms with E-state index < -0.39 is 17.4 Å². The first-order valence-corrected chi connectivity index (χ1v) is 8.97. The van der Waals surface area contributed by atoms with Crippen molar-refractivity contribution in [2.45, 2.75) is 6.54 Å². The van der Waals surface area contributed by atoms with Gasteiger partial charge in [0.2, 0.25) is 0 Å². The number of benzene rings is 2. The molecule has 0 aliphatic rings. The Morgan fingerprint density at radius 3 is 2.47 bits per heavy atom. The highest BCUT2D eigenvalue weighted by atomic mass is 16.5. The van der Waals surface area contributed by atoms with E-state index in [9.17, 15) is 14.4 Å². The van der Waals surface area contributed by atoms with Gasteiger partial charge in [-0.25, -0.2) is 10.2 Å². The third-order valence-electron chi connectivity index (χ3n) is 4.34. The topological polar surface area (TPSA) is 110 Å². The molecule has 30 heavy (non-hydrogen) atoms. The Bertz CT molecular complexity index is 1150. The number of carbonyl (C=O) groups excluding carboxylic acids is 1. The van der Waals surface area contributed by atoms with Crippen molar-refractivity contribution in [1.29, 1.82) is 0 Å². The van der Waals surface area contributed by atoms with Gasteiger partial charge in [-0.05, 0) is 35.9 Å². The molecule has 0 atom stereocenters. The monoisotopic (exact) mass is 405 g/mol. The predicted octanol–water partition coefficient (Wildman–Crippen LogP) is 2.37. The van der Waals surface area contributed by atoms with Gasteiger partial charge in [0.25, 0.3) is 11.5 Å². The highest BCUT2D eigenvalue weighted by molar-refractivity contribution is 5.99. The number of carbonyl (C=O) groups is 2. The fourth-order valence-corrected chi connectivity index (χ4v) is 2.79. The molecular weight excluding hydrogens is 386 g/mol. The highest BCUT2D eigenvalue weighted by Crippen LogP contribution is 2.12. The number of carboxylic acids is 1. The molecule has 3 aromatic rings. The van der Waals surface area contributed by atoms with Crippen LogP contribution >= 0.6 is 0 Å². The Labute approximate surface area is 172 Å². The minimum Gasteiger partial charge on any atom is -0.497 e. The third-order valence-corrected chi connectivity index (χ3v) is 4.34. The van der Waals surface area contributed by atoms with Crippen molar-refractivity contribution >= 4 is 18.1 Å². The van der Waals surface area contributed by atoms with Gasteiger partial charge < -0.3 is 14.4 Å². The first-order valence-electron chi connectivity index (χ1n) is 8.97. The quantitative estimate of drug-likeness (QED) is 0.463. The maximum atomic E-state index is 12.7. The van der Waals surface area contributed by atoms with Crippen LogP contribution in [0.25, 0.3) is 0 Å². The van der Waals surface area contributed by atoms with Crippen LogP contribution in [0, 0.1) is 0 Å². The van der Waals surface area contributed by atoms with Crippen LogP contribution in [0.15, 0.2) is 76.8 Å². The number of methoxy groups -OCH3 is 1. The van der Waals surface area contributed by atoms with Crippen LogP contribution in [0.2, 0.25) is 0 Å². The molecule has 1 aromatic heterocycles. The first kappa shape index (κ1) is 20.5. The maximum Gasteiger partial charge on any atom is 0.336 e. The lowest BCUT2D eigenvalue weighted by Crippen LogP contribution is -2.30. The van der Waals surface area contributed by atoms with E-state index >= 15 is 0 Å². The van der Waals surface area contributed by atoms with E-state index in [1.165, 1.54) is 22.9 Å². The summed E-state index contributed by atoms with van der Waals surface area (Å²) in [6.45, 7) is 0.291. The van der Waals surface area contributed by atoms with Crippen molar-refractivity contribution in [3.05, 3.63) is 99.5 Å². The SMILES string of the molecule is COc1ccc(Cn2cccc(C(=O)N/N=C\c3ccccc3C(=O)O)c2=O)cc1. The average molecular weight is 405 g/mol. The van der Waals surface area contributed by atoms with E-state index in [1.54, 1.807) is 49.7 Å². The highest BCUT2D eigenvalue weighted by Gasteiger charge is 2.12. The van der Waals surface area contributed by atoms with Crippen LogP contribution < -0.4 is 15.7 Å². The van der Waals surface area contributed by atoms with Gasteiger partial charge in [-0.1, -0.05) is 30.3 Å². The summed E-state index contributed by atoms with van der Waals surface area (Å²) >= 11 is 0. The zero-order chi connectivity index (χ0) is 21.5. The second-order valence-electron chi connectivity index (χ2n) is 6.29. The largest absolute Gasteiger partial charge is 0.497 e. The molecular formula is C22H19N3O5. The summed E-state index contributed by atoms with van der Waals surface area (Å²) in [5.41, 5.74) is 2.98. The molecule has 0 bridgehead atoms. The Hall–Kier alpha value is -4.20. The number of hydrazone groups is 1. The van der Waals surface area contributed by atoms with E-state index in [2.05, 4.69) is 10.5 Å². The summed E-state index contributed by atoms with van der Waals surface area (Å²) < 4.78 is 6.53. The number of hydrogen-bond donors (Lipinski definition) is 2. The lowest BCUT2D eigenvalue weighted by atomic mass is 10.1. The summed E-state index contributed by atoms with van der Waals surface area (Å²) in [5.74, 6) is -1.08. The molecule has 0 aliphatic carbocycles. The summed E-state index contributed by atoms with van der Waals surface area (Å²) in [6.07, 6.45) is 2.82. The number of nitrogens with one attached hydrogen (secondary N) is 1. The van der Waals surface area contributed by atoms with Crippen molar-refractivity contribution in [2.24, 2.45) is 5.10 Å². The minimum absolute atomic E-state index is 0.0528. The minimum atomic E-state index is -1.10. The number of ether oxygens (including phenoxy) is 1. The Morgan fingerprint density at radius 2 is 1.77 bits per heavy atom. The molecule has 0 saturated carbocycles. The first-order chi connectivity index (χ1) is 14.5. The summed E-state index contributed by atoms with van der Waals surface area (Å²) in [4.78, 5) is 36.3. The summed E-state index contributed by atoms with van der Waals surface area (Å²) in [6, 6.07) is 16.5. The fourth-order valence-electron chi connectivity index (χ4n) is 2.79. The van der Waals surface area contributed by atoms with Crippen molar-refractivity contribution in [2.75, 3.05) is 7.11 Å². The molecule has 0 unspecified atom stereocenters. The molecule has 152 valence electrons. The molecule has 8 heteroatoms. The molecule has 0 saturated heterocycles. The Morgan fingerprint density at radius 1 is 1.07 bits per heavy atom. The lowest BCUT2D eigenvalue weighted by Gasteiger charge is -2.08. The van der Waals surface area contributed by atoms with Crippen LogP contribution in [-0.2, 0) is 6.54 Å². The van der Waals surface area contributed by atoms with E-state index in [0.717, 1.165) is 5.56 Å². The number of pyridine rings is 1. The molecule has 3 rings (SSSR count). The predicted molar refractivity (Wildman–Crippen MR) is 111 cm³/mol. The molecule has 1 heterocycles. The number of nitrogens with zero attached hydrogens (tertiary/aromatic N) is 2. The average Bonchev–Trinajstić information content (AvgIpc) is 2.76. The fraction of sp³-hybridized carbons (Fsp3) is 0.0909. The number of rotatable bonds is 7. The molecule has 0 spiro atoms. The Kier molecular flexibility index (Phi) is 6.39. The third kappa shape index (κ3) is 4.79. The van der Waals surface area contributed by atoms with Crippen molar-refractivity contribution in [3.8, 4) is 5.75 Å². The number of aromatic nitrogens is 1. The smallest absolute Gasteiger partial charge is 0.336 e. The zero-order valence-corrected chi connectivity index (χ0v) is 16.1. The molecule has 1 amide bonds. The van der Waals surface area contributed by atoms with Gasteiger partial charge in [-0.15, -0.1) is 0 Å². The standard InChI is InChI=1S/C22H19N3O5/c1-30-17-10-8-15(9-11-17)14-25-12-4-7-19(21(25)27)20(26)24-23-13-16-5-2-3-6-18(16)22(28)29/h2-13H,14H2,1H3,(H,24,26)(H,28,29)/b23-13-. The van der Waals surface area contributed by atoms with Crippen molar-refractivity contribution in [1.82, 2.24) is 9.99 Å². The molecule has 0 fully saturated rings. The number of amides is 1. The second-order valence-corrected chi connectivity index (χ2v) is 6.29. The van der Waals surface area contributed by atoms with Crippen LogP contribution in [-0.4, -0.2) is 34.9 Å². The van der Waals surface area contributed by atoms with Gasteiger partial charge in [0.1, 0.15) is 11.3 Å². The molecule has 2 aromatic carbocycles. The van der Waals surface area contributed by atoms with Crippen molar-refractivity contribution < 1.29 is 19.4 Å². The van der Waals surface area contributed by atoms with Gasteiger partial charge >= 0.3 is 5.97 Å². The Balaban J connectivity index is 1.74. The second kappa shape index (κ2) is 9.33. The van der Waals surface area contributed by atoms with Gasteiger partial charge in [0.05, 0.1) is 25.4 Å². The molecule has 0 radical (unpaired) electrons. The van der Waals surface area contributed by atoms with E-state index in [0.29, 0.717) is 17.9 Å². The van der Waals surface area contributed by atoms with Crippen LogP contribution in [0.3, 0.4) is 0 Å². The van der Waals surface area contributed by atoms with Crippen LogP contribution in [0.1, 0.15) is 31.8 Å².